The second-order valence-corrected chi connectivity index (χ2v) is 8.22. The number of amides is 1. The molecule has 0 radical (unpaired) electrons. The highest BCUT2D eigenvalue weighted by Gasteiger charge is 2.17. The van der Waals surface area contributed by atoms with Crippen LogP contribution in [0.25, 0.3) is 0 Å². The molecule has 0 spiro atoms. The summed E-state index contributed by atoms with van der Waals surface area (Å²) >= 11 is 1.53. The fourth-order valence-corrected chi connectivity index (χ4v) is 3.76. The van der Waals surface area contributed by atoms with Crippen LogP contribution in [0.15, 0.2) is 41.8 Å². The van der Waals surface area contributed by atoms with Gasteiger partial charge in [0.15, 0.2) is 0 Å². The second kappa shape index (κ2) is 7.61. The summed E-state index contributed by atoms with van der Waals surface area (Å²) in [5.74, 6) is -0.107. The summed E-state index contributed by atoms with van der Waals surface area (Å²) in [6, 6.07) is 11.1. The first-order valence-corrected chi connectivity index (χ1v) is 9.92. The number of thiophene rings is 1. The first kappa shape index (κ1) is 17.5. The number of hydrogen-bond acceptors (Lipinski definition) is 4. The number of aryl methyl sites for hydroxylation is 1. The highest BCUT2D eigenvalue weighted by Crippen LogP contribution is 2.17. The van der Waals surface area contributed by atoms with Crippen molar-refractivity contribution in [3.05, 3.63) is 52.2 Å². The first-order chi connectivity index (χ1) is 10.9. The summed E-state index contributed by atoms with van der Waals surface area (Å²) in [6.07, 6.45) is 1.49. The number of nitrogens with one attached hydrogen (secondary N) is 1. The Kier molecular flexibility index (Phi) is 5.79. The Morgan fingerprint density at radius 3 is 2.48 bits per heavy atom. The fraction of sp³-hybridized carbons (Fsp3) is 0.312. The molecule has 0 atom stereocenters. The summed E-state index contributed by atoms with van der Waals surface area (Å²) in [5.41, 5.74) is 1.66. The summed E-state index contributed by atoms with van der Waals surface area (Å²) < 4.78 is 25.2. The molecule has 1 aromatic heterocycles. The zero-order chi connectivity index (χ0) is 16.9. The topological polar surface area (TPSA) is 66.5 Å². The van der Waals surface area contributed by atoms with Crippen molar-refractivity contribution >= 4 is 33.0 Å². The predicted octanol–water partition coefficient (Wildman–Crippen LogP) is 2.18. The van der Waals surface area contributed by atoms with Gasteiger partial charge in [-0.05, 0) is 30.5 Å². The maximum absolute atomic E-state index is 12.0. The van der Waals surface area contributed by atoms with Crippen molar-refractivity contribution in [1.29, 1.82) is 0 Å². The van der Waals surface area contributed by atoms with Crippen molar-refractivity contribution in [3.8, 4) is 0 Å². The lowest BCUT2D eigenvalue weighted by molar-refractivity contribution is -0.120. The normalized spacial score (nSPS) is 11.2. The molecule has 7 heteroatoms. The number of hydrogen-bond donors (Lipinski definition) is 1. The molecular weight excluding hydrogens is 332 g/mol. The van der Waals surface area contributed by atoms with Crippen LogP contribution in [-0.2, 0) is 21.2 Å². The molecule has 0 aliphatic heterocycles. The van der Waals surface area contributed by atoms with E-state index in [2.05, 4.69) is 5.32 Å². The standard InChI is InChI=1S/C16H20N2O3S2/c1-13-5-7-14(8-6-13)18(23(2,20)21)10-9-17-16(19)12-15-4-3-11-22-15/h3-8,11H,9-10,12H2,1-2H3,(H,17,19). The molecule has 0 saturated carbocycles. The van der Waals surface area contributed by atoms with Gasteiger partial charge in [0, 0.05) is 11.4 Å². The molecule has 0 aliphatic carbocycles. The highest BCUT2D eigenvalue weighted by molar-refractivity contribution is 7.92. The van der Waals surface area contributed by atoms with Gasteiger partial charge < -0.3 is 5.32 Å². The van der Waals surface area contributed by atoms with Gasteiger partial charge in [-0.25, -0.2) is 8.42 Å². The lowest BCUT2D eigenvalue weighted by atomic mass is 10.2. The first-order valence-electron chi connectivity index (χ1n) is 7.20. The Labute approximate surface area is 141 Å². The number of sulfonamides is 1. The van der Waals surface area contributed by atoms with Gasteiger partial charge in [0.25, 0.3) is 0 Å². The average molecular weight is 352 g/mol. The van der Waals surface area contributed by atoms with Crippen LogP contribution >= 0.6 is 11.3 Å². The summed E-state index contributed by atoms with van der Waals surface area (Å²) in [5, 5.41) is 4.69. The van der Waals surface area contributed by atoms with E-state index >= 15 is 0 Å². The third-order valence-corrected chi connectivity index (χ3v) is 5.34. The minimum absolute atomic E-state index is 0.107. The van der Waals surface area contributed by atoms with Crippen LogP contribution in [-0.4, -0.2) is 33.7 Å². The fourth-order valence-electron chi connectivity index (χ4n) is 2.13. The molecule has 1 amide bonds. The number of anilines is 1. The predicted molar refractivity (Wildman–Crippen MR) is 94.4 cm³/mol. The Hall–Kier alpha value is -1.86. The third kappa shape index (κ3) is 5.37. The minimum atomic E-state index is -3.39. The number of carbonyl (C=O) groups excluding carboxylic acids is 1. The zero-order valence-electron chi connectivity index (χ0n) is 13.2. The Balaban J connectivity index is 1.94. The summed E-state index contributed by atoms with van der Waals surface area (Å²) in [7, 11) is -3.39. The number of benzene rings is 1. The molecule has 124 valence electrons. The van der Waals surface area contributed by atoms with Crippen LogP contribution < -0.4 is 9.62 Å². The second-order valence-electron chi connectivity index (χ2n) is 5.28. The molecule has 1 N–H and O–H groups in total. The molecule has 2 aromatic rings. The van der Waals surface area contributed by atoms with Crippen molar-refractivity contribution < 1.29 is 13.2 Å². The number of carbonyl (C=O) groups is 1. The van der Waals surface area contributed by atoms with Gasteiger partial charge >= 0.3 is 0 Å². The Bertz CT molecular complexity index is 738. The van der Waals surface area contributed by atoms with E-state index < -0.39 is 10.0 Å². The molecule has 5 nitrogen and oxygen atoms in total. The van der Waals surface area contributed by atoms with Crippen LogP contribution in [0, 0.1) is 6.92 Å². The molecule has 23 heavy (non-hydrogen) atoms. The van der Waals surface area contributed by atoms with Gasteiger partial charge in [-0.1, -0.05) is 23.8 Å². The van der Waals surface area contributed by atoms with Crippen molar-refractivity contribution in [3.63, 3.8) is 0 Å². The molecule has 2 rings (SSSR count). The maximum atomic E-state index is 12.0. The van der Waals surface area contributed by atoms with Crippen molar-refractivity contribution in [1.82, 2.24) is 5.32 Å². The van der Waals surface area contributed by atoms with Gasteiger partial charge in [-0.3, -0.25) is 9.10 Å². The number of nitrogens with zero attached hydrogens (tertiary/aromatic N) is 1. The van der Waals surface area contributed by atoms with E-state index in [-0.39, 0.29) is 19.0 Å². The molecule has 0 aliphatic rings. The maximum Gasteiger partial charge on any atom is 0.232 e. The summed E-state index contributed by atoms with van der Waals surface area (Å²) in [4.78, 5) is 12.8. The van der Waals surface area contributed by atoms with Gasteiger partial charge in [0.1, 0.15) is 0 Å². The van der Waals surface area contributed by atoms with E-state index in [4.69, 9.17) is 0 Å². The van der Waals surface area contributed by atoms with Crippen LogP contribution in [0.5, 0.6) is 0 Å². The van der Waals surface area contributed by atoms with Crippen LogP contribution in [0.4, 0.5) is 5.69 Å². The monoisotopic (exact) mass is 352 g/mol. The van der Waals surface area contributed by atoms with E-state index in [0.717, 1.165) is 10.4 Å². The smallest absolute Gasteiger partial charge is 0.232 e. The Morgan fingerprint density at radius 1 is 1.22 bits per heavy atom. The lowest BCUT2D eigenvalue weighted by Crippen LogP contribution is -2.38. The quantitative estimate of drug-likeness (QED) is 0.830. The van der Waals surface area contributed by atoms with E-state index in [1.807, 2.05) is 36.6 Å². The van der Waals surface area contributed by atoms with Gasteiger partial charge in [0.2, 0.25) is 15.9 Å². The third-order valence-electron chi connectivity index (χ3n) is 3.27. The molecule has 0 bridgehead atoms. The van der Waals surface area contributed by atoms with Gasteiger partial charge in [-0.2, -0.15) is 0 Å². The van der Waals surface area contributed by atoms with Gasteiger partial charge in [-0.15, -0.1) is 11.3 Å². The molecule has 0 unspecified atom stereocenters. The average Bonchev–Trinajstić information content (AvgIpc) is 2.96. The zero-order valence-corrected chi connectivity index (χ0v) is 14.8. The Morgan fingerprint density at radius 2 is 1.91 bits per heavy atom. The van der Waals surface area contributed by atoms with E-state index in [9.17, 15) is 13.2 Å². The number of rotatable bonds is 7. The lowest BCUT2D eigenvalue weighted by Gasteiger charge is -2.22. The largest absolute Gasteiger partial charge is 0.354 e. The van der Waals surface area contributed by atoms with Crippen LogP contribution in [0.2, 0.25) is 0 Å². The van der Waals surface area contributed by atoms with Crippen LogP contribution in [0.3, 0.4) is 0 Å². The van der Waals surface area contributed by atoms with E-state index in [0.29, 0.717) is 12.1 Å². The summed E-state index contributed by atoms with van der Waals surface area (Å²) in [6.45, 7) is 2.42. The van der Waals surface area contributed by atoms with E-state index in [1.165, 1.54) is 21.9 Å². The molecule has 1 heterocycles. The minimum Gasteiger partial charge on any atom is -0.354 e. The molecular formula is C16H20N2O3S2. The molecule has 0 saturated heterocycles. The molecule has 0 fully saturated rings. The van der Waals surface area contributed by atoms with Crippen molar-refractivity contribution in [2.75, 3.05) is 23.7 Å². The van der Waals surface area contributed by atoms with E-state index in [1.54, 1.807) is 12.1 Å². The molecule has 1 aromatic carbocycles. The van der Waals surface area contributed by atoms with Crippen molar-refractivity contribution in [2.24, 2.45) is 0 Å². The van der Waals surface area contributed by atoms with Crippen molar-refractivity contribution in [2.45, 2.75) is 13.3 Å². The van der Waals surface area contributed by atoms with Crippen LogP contribution in [0.1, 0.15) is 10.4 Å². The highest BCUT2D eigenvalue weighted by atomic mass is 32.2. The SMILES string of the molecule is Cc1ccc(N(CCNC(=O)Cc2cccs2)S(C)(=O)=O)cc1. The van der Waals surface area contributed by atoms with Gasteiger partial charge in [0.05, 0.1) is 24.9 Å².